The average Bonchev–Trinajstić information content (AvgIpc) is 2.37. The summed E-state index contributed by atoms with van der Waals surface area (Å²) >= 11 is 0. The van der Waals surface area contributed by atoms with E-state index in [1.165, 1.54) is 0 Å². The van der Waals surface area contributed by atoms with E-state index in [0.29, 0.717) is 5.92 Å². The second kappa shape index (κ2) is 4.09. The SMILES string of the molecule is CC1(C)[C@@H]2C[C@H]1C(/C=C/c1ccc(O)cc1)=CC2=O. The van der Waals surface area contributed by atoms with Crippen molar-refractivity contribution in [2.24, 2.45) is 17.3 Å². The monoisotopic (exact) mass is 254 g/mol. The Labute approximate surface area is 113 Å². The zero-order chi connectivity index (χ0) is 13.6. The van der Waals surface area contributed by atoms with E-state index >= 15 is 0 Å². The molecule has 19 heavy (non-hydrogen) atoms. The van der Waals surface area contributed by atoms with Gasteiger partial charge in [-0.1, -0.05) is 38.1 Å². The van der Waals surface area contributed by atoms with E-state index in [1.807, 2.05) is 24.3 Å². The van der Waals surface area contributed by atoms with Crippen LogP contribution in [0.1, 0.15) is 25.8 Å². The average molecular weight is 254 g/mol. The standard InChI is InChI=1S/C17H18O2/c1-17(2)14-10-15(17)16(19)9-12(14)6-3-11-4-7-13(18)8-5-11/h3-9,14-15,18H,10H2,1-2H3/b6-3+/t14-,15+/m0/s1. The number of hydrogen-bond acceptors (Lipinski definition) is 2. The molecular formula is C17H18O2. The lowest BCUT2D eigenvalue weighted by molar-refractivity contribution is -0.133. The van der Waals surface area contributed by atoms with Crippen molar-refractivity contribution >= 4 is 11.9 Å². The molecule has 2 nitrogen and oxygen atoms in total. The van der Waals surface area contributed by atoms with E-state index in [-0.39, 0.29) is 22.9 Å². The fraction of sp³-hybridized carbons (Fsp3) is 0.353. The molecule has 1 aromatic rings. The molecule has 2 heteroatoms. The highest BCUT2D eigenvalue weighted by atomic mass is 16.3. The van der Waals surface area contributed by atoms with E-state index in [4.69, 9.17) is 0 Å². The van der Waals surface area contributed by atoms with Gasteiger partial charge in [0.15, 0.2) is 5.78 Å². The molecule has 2 atom stereocenters. The van der Waals surface area contributed by atoms with Crippen LogP contribution in [0.4, 0.5) is 0 Å². The van der Waals surface area contributed by atoms with Gasteiger partial charge < -0.3 is 5.11 Å². The molecule has 0 unspecified atom stereocenters. The molecule has 0 radical (unpaired) electrons. The minimum absolute atomic E-state index is 0.112. The molecule has 0 heterocycles. The van der Waals surface area contributed by atoms with Gasteiger partial charge in [0, 0.05) is 5.92 Å². The summed E-state index contributed by atoms with van der Waals surface area (Å²) in [5, 5.41) is 9.25. The van der Waals surface area contributed by atoms with Crippen LogP contribution in [0.15, 0.2) is 42.0 Å². The van der Waals surface area contributed by atoms with Crippen LogP contribution in [0, 0.1) is 17.3 Å². The summed E-state index contributed by atoms with van der Waals surface area (Å²) in [6.45, 7) is 4.37. The molecule has 0 saturated heterocycles. The fourth-order valence-corrected chi connectivity index (χ4v) is 3.28. The highest BCUT2D eigenvalue weighted by Crippen LogP contribution is 2.58. The first-order chi connectivity index (χ1) is 8.98. The first-order valence-electron chi connectivity index (χ1n) is 6.71. The molecule has 1 saturated carbocycles. The van der Waals surface area contributed by atoms with Crippen molar-refractivity contribution < 1.29 is 9.90 Å². The Morgan fingerprint density at radius 2 is 1.84 bits per heavy atom. The molecule has 2 bridgehead atoms. The number of fused-ring (bicyclic) bond motifs is 1. The van der Waals surface area contributed by atoms with Crippen LogP contribution in [0.5, 0.6) is 5.75 Å². The van der Waals surface area contributed by atoms with Gasteiger partial charge in [-0.05, 0) is 47.1 Å². The minimum atomic E-state index is 0.112. The Bertz CT molecular complexity index is 576. The Hall–Kier alpha value is -1.83. The number of phenols is 1. The summed E-state index contributed by atoms with van der Waals surface area (Å²) < 4.78 is 0. The van der Waals surface area contributed by atoms with E-state index in [2.05, 4.69) is 13.8 Å². The summed E-state index contributed by atoms with van der Waals surface area (Å²) in [5.41, 5.74) is 2.29. The lowest BCUT2D eigenvalue weighted by Gasteiger charge is -2.54. The van der Waals surface area contributed by atoms with Crippen LogP contribution in [-0.2, 0) is 4.79 Å². The molecule has 0 aromatic heterocycles. The normalized spacial score (nSPS) is 28.1. The van der Waals surface area contributed by atoms with Gasteiger partial charge in [-0.3, -0.25) is 4.79 Å². The number of allylic oxidation sites excluding steroid dienone is 3. The van der Waals surface area contributed by atoms with Gasteiger partial charge in [0.2, 0.25) is 0 Å². The predicted molar refractivity (Wildman–Crippen MR) is 75.6 cm³/mol. The third-order valence-corrected chi connectivity index (χ3v) is 4.68. The third kappa shape index (κ3) is 1.92. The number of ketones is 1. The van der Waals surface area contributed by atoms with Gasteiger partial charge in [-0.15, -0.1) is 0 Å². The zero-order valence-electron chi connectivity index (χ0n) is 11.3. The Kier molecular flexibility index (Phi) is 2.63. The van der Waals surface area contributed by atoms with Gasteiger partial charge in [-0.25, -0.2) is 0 Å². The summed E-state index contributed by atoms with van der Waals surface area (Å²) in [5.74, 6) is 1.27. The van der Waals surface area contributed by atoms with E-state index in [1.54, 1.807) is 18.2 Å². The third-order valence-electron chi connectivity index (χ3n) is 4.68. The van der Waals surface area contributed by atoms with Crippen molar-refractivity contribution in [3.05, 3.63) is 47.6 Å². The zero-order valence-corrected chi connectivity index (χ0v) is 11.3. The van der Waals surface area contributed by atoms with Crippen LogP contribution in [-0.4, -0.2) is 10.9 Å². The predicted octanol–water partition coefficient (Wildman–Crippen LogP) is 3.58. The maximum absolute atomic E-state index is 12.0. The number of rotatable bonds is 2. The second-order valence-electron chi connectivity index (χ2n) is 6.13. The molecular weight excluding hydrogens is 236 g/mol. The quantitative estimate of drug-likeness (QED) is 0.876. The lowest BCUT2D eigenvalue weighted by Crippen LogP contribution is -2.52. The number of hydrogen-bond donors (Lipinski definition) is 1. The first kappa shape index (κ1) is 12.2. The number of benzene rings is 1. The van der Waals surface area contributed by atoms with Crippen LogP contribution >= 0.6 is 0 Å². The molecule has 3 aliphatic rings. The topological polar surface area (TPSA) is 37.3 Å². The van der Waals surface area contributed by atoms with Gasteiger partial charge in [0.1, 0.15) is 5.75 Å². The van der Waals surface area contributed by atoms with E-state index in [0.717, 1.165) is 17.6 Å². The van der Waals surface area contributed by atoms with Gasteiger partial charge in [0.05, 0.1) is 0 Å². The van der Waals surface area contributed by atoms with Gasteiger partial charge in [-0.2, -0.15) is 0 Å². The van der Waals surface area contributed by atoms with Crippen molar-refractivity contribution in [2.75, 3.05) is 0 Å². The van der Waals surface area contributed by atoms with E-state index in [9.17, 15) is 9.90 Å². The van der Waals surface area contributed by atoms with Crippen molar-refractivity contribution in [2.45, 2.75) is 20.3 Å². The Morgan fingerprint density at radius 1 is 1.16 bits per heavy atom. The highest BCUT2D eigenvalue weighted by molar-refractivity contribution is 5.96. The summed E-state index contributed by atoms with van der Waals surface area (Å²) in [6, 6.07) is 7.07. The summed E-state index contributed by atoms with van der Waals surface area (Å²) in [7, 11) is 0. The van der Waals surface area contributed by atoms with Crippen molar-refractivity contribution in [1.82, 2.24) is 0 Å². The molecule has 1 aromatic carbocycles. The van der Waals surface area contributed by atoms with Crippen LogP contribution < -0.4 is 0 Å². The van der Waals surface area contributed by atoms with Gasteiger partial charge in [0.25, 0.3) is 0 Å². The molecule has 4 rings (SSSR count). The van der Waals surface area contributed by atoms with Crippen molar-refractivity contribution in [3.8, 4) is 5.75 Å². The molecule has 3 aliphatic carbocycles. The molecule has 98 valence electrons. The molecule has 0 aliphatic heterocycles. The molecule has 0 amide bonds. The largest absolute Gasteiger partial charge is 0.508 e. The van der Waals surface area contributed by atoms with Crippen molar-refractivity contribution in [1.29, 1.82) is 0 Å². The Morgan fingerprint density at radius 3 is 2.42 bits per heavy atom. The Balaban J connectivity index is 1.84. The van der Waals surface area contributed by atoms with Gasteiger partial charge >= 0.3 is 0 Å². The second-order valence-corrected chi connectivity index (χ2v) is 6.13. The summed E-state index contributed by atoms with van der Waals surface area (Å²) in [4.78, 5) is 12.0. The smallest absolute Gasteiger partial charge is 0.159 e. The number of aromatic hydroxyl groups is 1. The maximum atomic E-state index is 12.0. The van der Waals surface area contributed by atoms with Crippen LogP contribution in [0.2, 0.25) is 0 Å². The van der Waals surface area contributed by atoms with Crippen LogP contribution in [0.25, 0.3) is 6.08 Å². The van der Waals surface area contributed by atoms with Crippen molar-refractivity contribution in [3.63, 3.8) is 0 Å². The molecule has 0 spiro atoms. The summed E-state index contributed by atoms with van der Waals surface area (Å²) in [6.07, 6.45) is 6.86. The van der Waals surface area contributed by atoms with E-state index < -0.39 is 0 Å². The maximum Gasteiger partial charge on any atom is 0.159 e. The lowest BCUT2D eigenvalue weighted by atomic mass is 9.48. The number of phenolic OH excluding ortho intramolecular Hbond substituents is 1. The molecule has 1 N–H and O–H groups in total. The highest BCUT2D eigenvalue weighted by Gasteiger charge is 2.54. The molecule has 1 fully saturated rings. The minimum Gasteiger partial charge on any atom is -0.508 e. The first-order valence-corrected chi connectivity index (χ1v) is 6.71. The fourth-order valence-electron chi connectivity index (χ4n) is 3.28. The number of carbonyl (C=O) groups is 1. The van der Waals surface area contributed by atoms with Crippen LogP contribution in [0.3, 0.4) is 0 Å². The number of carbonyl (C=O) groups excluding carboxylic acids is 1.